The van der Waals surface area contributed by atoms with Gasteiger partial charge in [0.2, 0.25) is 5.91 Å². The molecular formula is C39H28F7N3O4S. The Bertz CT molecular complexity index is 2140. The number of hydrogen-bond donors (Lipinski definition) is 3. The third kappa shape index (κ3) is 9.86. The molecule has 5 aromatic rings. The van der Waals surface area contributed by atoms with Gasteiger partial charge >= 0.3 is 6.18 Å². The van der Waals surface area contributed by atoms with Crippen LogP contribution >= 0.6 is 11.8 Å². The van der Waals surface area contributed by atoms with E-state index in [0.717, 1.165) is 17.3 Å². The molecule has 0 aromatic heterocycles. The Hall–Kier alpha value is -6.09. The molecule has 0 spiro atoms. The highest BCUT2D eigenvalue weighted by Crippen LogP contribution is 2.39. The molecule has 3 amide bonds. The number of carbonyl (C=O) groups excluding carboxylic acids is 3. The first-order valence-corrected chi connectivity index (χ1v) is 16.8. The Morgan fingerprint density at radius 1 is 0.741 bits per heavy atom. The lowest BCUT2D eigenvalue weighted by Crippen LogP contribution is -2.30. The summed E-state index contributed by atoms with van der Waals surface area (Å²) in [6, 6.07) is 30.5. The van der Waals surface area contributed by atoms with Gasteiger partial charge in [-0.1, -0.05) is 60.7 Å². The third-order valence-corrected chi connectivity index (χ3v) is 8.67. The van der Waals surface area contributed by atoms with E-state index in [2.05, 4.69) is 10.6 Å². The maximum absolute atomic E-state index is 14.3. The van der Waals surface area contributed by atoms with E-state index in [4.69, 9.17) is 4.74 Å². The smallest absolute Gasteiger partial charge is 0.422 e. The second-order valence-electron chi connectivity index (χ2n) is 11.5. The molecule has 278 valence electrons. The zero-order valence-corrected chi connectivity index (χ0v) is 28.8. The summed E-state index contributed by atoms with van der Waals surface area (Å²) in [4.78, 5) is 39.5. The number of nitrogens with one attached hydrogen (secondary N) is 3. The minimum Gasteiger partial charge on any atom is -0.489 e. The molecule has 0 saturated carbocycles. The molecule has 15 heteroatoms. The minimum atomic E-state index is -5.73. The van der Waals surface area contributed by atoms with Crippen molar-refractivity contribution < 1.29 is 49.9 Å². The van der Waals surface area contributed by atoms with Gasteiger partial charge in [0.05, 0.1) is 5.25 Å². The standard InChI is InChI=1S/C39H28F7N3O4S/c1-22(36(50)49-35-33(42)31(40)30(39(44,45)46)32(41)34(35)43)54-28-18-14-26(15-19-28)47-38(52)29(48-37(51)25-10-6-3-7-11-25)20-23-12-16-27(17-13-23)53-21-24-8-4-2-5-9-24/h2-20,22H,21H2,1H3,(H,47,52)(H,48,51)(H,49,50)/b29-20-. The van der Waals surface area contributed by atoms with Gasteiger partial charge in [0.15, 0.2) is 23.3 Å². The molecule has 0 aliphatic heterocycles. The topological polar surface area (TPSA) is 96.5 Å². The Balaban J connectivity index is 1.26. The largest absolute Gasteiger partial charge is 0.489 e. The number of benzene rings is 5. The molecule has 0 saturated heterocycles. The van der Waals surface area contributed by atoms with Crippen LogP contribution in [0, 0.1) is 23.3 Å². The fourth-order valence-corrected chi connectivity index (χ4v) is 5.67. The van der Waals surface area contributed by atoms with Gasteiger partial charge in [-0.3, -0.25) is 14.4 Å². The maximum atomic E-state index is 14.3. The summed E-state index contributed by atoms with van der Waals surface area (Å²) in [5.41, 5.74) is -2.43. The monoisotopic (exact) mass is 767 g/mol. The number of thioether (sulfide) groups is 1. The molecule has 0 fully saturated rings. The van der Waals surface area contributed by atoms with E-state index in [1.807, 2.05) is 30.3 Å². The second kappa shape index (κ2) is 17.2. The van der Waals surface area contributed by atoms with Crippen molar-refractivity contribution in [2.24, 2.45) is 0 Å². The predicted octanol–water partition coefficient (Wildman–Crippen LogP) is 9.37. The fraction of sp³-hybridized carbons (Fsp3) is 0.103. The van der Waals surface area contributed by atoms with Crippen LogP contribution < -0.4 is 20.7 Å². The van der Waals surface area contributed by atoms with E-state index in [0.29, 0.717) is 28.4 Å². The predicted molar refractivity (Wildman–Crippen MR) is 189 cm³/mol. The van der Waals surface area contributed by atoms with Crippen LogP contribution in [0.2, 0.25) is 0 Å². The summed E-state index contributed by atoms with van der Waals surface area (Å²) in [7, 11) is 0. The zero-order valence-electron chi connectivity index (χ0n) is 27.9. The molecule has 0 radical (unpaired) electrons. The van der Waals surface area contributed by atoms with Crippen molar-refractivity contribution in [3.8, 4) is 5.75 Å². The van der Waals surface area contributed by atoms with E-state index >= 15 is 0 Å². The Kier molecular flexibility index (Phi) is 12.4. The number of rotatable bonds is 12. The average molecular weight is 768 g/mol. The fourth-order valence-electron chi connectivity index (χ4n) is 4.80. The van der Waals surface area contributed by atoms with Crippen molar-refractivity contribution in [2.75, 3.05) is 10.6 Å². The molecule has 1 atom stereocenters. The number of ether oxygens (including phenoxy) is 1. The van der Waals surface area contributed by atoms with Crippen LogP contribution in [-0.4, -0.2) is 23.0 Å². The second-order valence-corrected chi connectivity index (χ2v) is 12.9. The maximum Gasteiger partial charge on any atom is 0.422 e. The molecule has 1 unspecified atom stereocenters. The van der Waals surface area contributed by atoms with Gasteiger partial charge < -0.3 is 20.7 Å². The van der Waals surface area contributed by atoms with Crippen LogP contribution in [-0.2, 0) is 22.4 Å². The lowest BCUT2D eigenvalue weighted by atomic mass is 10.1. The van der Waals surface area contributed by atoms with Crippen LogP contribution in [0.15, 0.2) is 120 Å². The van der Waals surface area contributed by atoms with Gasteiger partial charge in [0.1, 0.15) is 29.3 Å². The summed E-state index contributed by atoms with van der Waals surface area (Å²) in [6.45, 7) is 1.63. The van der Waals surface area contributed by atoms with Gasteiger partial charge in [-0.05, 0) is 72.7 Å². The molecule has 7 nitrogen and oxygen atoms in total. The number of carbonyl (C=O) groups is 3. The van der Waals surface area contributed by atoms with Gasteiger partial charge in [0, 0.05) is 16.1 Å². The first-order chi connectivity index (χ1) is 25.7. The number of hydrogen-bond acceptors (Lipinski definition) is 5. The highest BCUT2D eigenvalue weighted by Gasteiger charge is 2.42. The zero-order chi connectivity index (χ0) is 39.0. The van der Waals surface area contributed by atoms with Crippen molar-refractivity contribution in [2.45, 2.75) is 29.9 Å². The Morgan fingerprint density at radius 3 is 1.89 bits per heavy atom. The summed E-state index contributed by atoms with van der Waals surface area (Å²) >= 11 is 0.828. The van der Waals surface area contributed by atoms with E-state index in [1.54, 1.807) is 59.9 Å². The van der Waals surface area contributed by atoms with E-state index < -0.39 is 63.7 Å². The van der Waals surface area contributed by atoms with Crippen molar-refractivity contribution >= 4 is 46.9 Å². The third-order valence-electron chi connectivity index (χ3n) is 7.56. The molecular weight excluding hydrogens is 739 g/mol. The molecule has 5 rings (SSSR count). The SMILES string of the molecule is CC(Sc1ccc(NC(=O)/C(=C/c2ccc(OCc3ccccc3)cc2)NC(=O)c2ccccc2)cc1)C(=O)Nc1c(F)c(F)c(C(F)(F)F)c(F)c1F. The molecule has 0 aliphatic carbocycles. The summed E-state index contributed by atoms with van der Waals surface area (Å²) < 4.78 is 101. The molecule has 0 heterocycles. The molecule has 5 aromatic carbocycles. The molecule has 0 bridgehead atoms. The summed E-state index contributed by atoms with van der Waals surface area (Å²) in [5.74, 6) is -12.0. The lowest BCUT2D eigenvalue weighted by Gasteiger charge is -2.16. The Morgan fingerprint density at radius 2 is 1.31 bits per heavy atom. The van der Waals surface area contributed by atoms with Crippen molar-refractivity contribution in [1.82, 2.24) is 5.32 Å². The molecule has 3 N–H and O–H groups in total. The number of amides is 3. The van der Waals surface area contributed by atoms with Crippen molar-refractivity contribution in [3.05, 3.63) is 160 Å². The molecule has 0 aliphatic rings. The summed E-state index contributed by atoms with van der Waals surface area (Å²) in [5, 5.41) is 5.75. The number of anilines is 2. The Labute approximate surface area is 308 Å². The van der Waals surface area contributed by atoms with Crippen molar-refractivity contribution in [1.29, 1.82) is 0 Å². The van der Waals surface area contributed by atoms with E-state index in [-0.39, 0.29) is 11.4 Å². The highest BCUT2D eigenvalue weighted by atomic mass is 32.2. The van der Waals surface area contributed by atoms with Gasteiger partial charge in [-0.2, -0.15) is 13.2 Å². The van der Waals surface area contributed by atoms with Gasteiger partial charge in [0.25, 0.3) is 11.8 Å². The average Bonchev–Trinajstić information content (AvgIpc) is 3.16. The van der Waals surface area contributed by atoms with E-state index in [9.17, 15) is 45.1 Å². The highest BCUT2D eigenvalue weighted by molar-refractivity contribution is 8.00. The van der Waals surface area contributed by atoms with Gasteiger partial charge in [-0.25, -0.2) is 17.6 Å². The van der Waals surface area contributed by atoms with Crippen LogP contribution in [0.4, 0.5) is 42.1 Å². The normalized spacial score (nSPS) is 12.1. The van der Waals surface area contributed by atoms with Crippen LogP contribution in [0.25, 0.3) is 6.08 Å². The minimum absolute atomic E-state index is 0.0962. The van der Waals surface area contributed by atoms with Crippen molar-refractivity contribution in [3.63, 3.8) is 0 Å². The van der Waals surface area contributed by atoms with Crippen LogP contribution in [0.3, 0.4) is 0 Å². The quantitative estimate of drug-likeness (QED) is 0.0509. The first kappa shape index (κ1) is 39.1. The summed E-state index contributed by atoms with van der Waals surface area (Å²) in [6.07, 6.45) is -4.26. The lowest BCUT2D eigenvalue weighted by molar-refractivity contribution is -0.143. The number of alkyl halides is 3. The number of halogens is 7. The van der Waals surface area contributed by atoms with E-state index in [1.165, 1.54) is 37.3 Å². The molecule has 54 heavy (non-hydrogen) atoms. The van der Waals surface area contributed by atoms with Crippen LogP contribution in [0.5, 0.6) is 5.75 Å². The van der Waals surface area contributed by atoms with Gasteiger partial charge in [-0.15, -0.1) is 11.8 Å². The first-order valence-electron chi connectivity index (χ1n) is 15.9. The van der Waals surface area contributed by atoms with Crippen LogP contribution in [0.1, 0.15) is 34.0 Å².